The lowest BCUT2D eigenvalue weighted by Gasteiger charge is -2.44. The molecular formula is C16H21N9. The Morgan fingerprint density at radius 3 is 2.92 bits per heavy atom. The molecule has 0 radical (unpaired) electrons. The van der Waals surface area contributed by atoms with Crippen molar-refractivity contribution >= 4 is 11.5 Å². The summed E-state index contributed by atoms with van der Waals surface area (Å²) in [6.07, 6.45) is 2.25. The maximum atomic E-state index is 4.65. The van der Waals surface area contributed by atoms with E-state index in [1.807, 2.05) is 19.1 Å². The van der Waals surface area contributed by atoms with Crippen LogP contribution >= 0.6 is 0 Å². The molecule has 1 fully saturated rings. The molecule has 0 aromatic carbocycles. The zero-order valence-electron chi connectivity index (χ0n) is 14.5. The van der Waals surface area contributed by atoms with Crippen LogP contribution in [0.5, 0.6) is 0 Å². The molecular weight excluding hydrogens is 318 g/mol. The van der Waals surface area contributed by atoms with Gasteiger partial charge in [0, 0.05) is 32.1 Å². The molecule has 25 heavy (non-hydrogen) atoms. The van der Waals surface area contributed by atoms with Gasteiger partial charge in [0.2, 0.25) is 0 Å². The van der Waals surface area contributed by atoms with E-state index in [4.69, 9.17) is 0 Å². The van der Waals surface area contributed by atoms with Crippen LogP contribution in [0.4, 0.5) is 5.82 Å². The number of rotatable bonds is 4. The molecule has 2 aliphatic rings. The van der Waals surface area contributed by atoms with Crippen molar-refractivity contribution < 1.29 is 0 Å². The SMILES string of the molecule is Cc1nnc2ccc(N3CC(N(C)Cc4nnc5n4CCC5)C3)nn12. The third-order valence-corrected chi connectivity index (χ3v) is 5.29. The number of likely N-dealkylation sites (N-methyl/N-ethyl adjacent to an activating group) is 1. The highest BCUT2D eigenvalue weighted by atomic mass is 15.4. The fourth-order valence-electron chi connectivity index (χ4n) is 3.66. The van der Waals surface area contributed by atoms with Gasteiger partial charge in [-0.05, 0) is 32.5 Å². The van der Waals surface area contributed by atoms with Crippen LogP contribution in [-0.2, 0) is 19.5 Å². The molecule has 0 atom stereocenters. The molecule has 9 nitrogen and oxygen atoms in total. The van der Waals surface area contributed by atoms with Gasteiger partial charge in [-0.1, -0.05) is 0 Å². The van der Waals surface area contributed by atoms with E-state index in [1.165, 1.54) is 6.42 Å². The van der Waals surface area contributed by atoms with Crippen molar-refractivity contribution in [2.24, 2.45) is 0 Å². The second kappa shape index (κ2) is 5.48. The molecule has 2 aliphatic heterocycles. The number of aromatic nitrogens is 7. The second-order valence-corrected chi connectivity index (χ2v) is 6.97. The number of fused-ring (bicyclic) bond motifs is 2. The first-order chi connectivity index (χ1) is 12.2. The van der Waals surface area contributed by atoms with Crippen molar-refractivity contribution in [3.8, 4) is 0 Å². The van der Waals surface area contributed by atoms with Crippen LogP contribution in [0.15, 0.2) is 12.1 Å². The minimum Gasteiger partial charge on any atom is -0.352 e. The van der Waals surface area contributed by atoms with Gasteiger partial charge in [0.05, 0.1) is 6.54 Å². The van der Waals surface area contributed by atoms with Crippen molar-refractivity contribution in [3.05, 3.63) is 29.6 Å². The minimum atomic E-state index is 0.508. The van der Waals surface area contributed by atoms with Gasteiger partial charge in [0.15, 0.2) is 11.5 Å². The maximum absolute atomic E-state index is 4.65. The van der Waals surface area contributed by atoms with Gasteiger partial charge in [0.1, 0.15) is 17.5 Å². The van der Waals surface area contributed by atoms with Crippen LogP contribution in [0, 0.1) is 6.92 Å². The number of hydrogen-bond acceptors (Lipinski definition) is 7. The van der Waals surface area contributed by atoms with Crippen molar-refractivity contribution in [1.29, 1.82) is 0 Å². The smallest absolute Gasteiger partial charge is 0.178 e. The molecule has 0 saturated carbocycles. The van der Waals surface area contributed by atoms with E-state index in [9.17, 15) is 0 Å². The number of hydrogen-bond donors (Lipinski definition) is 0. The Labute approximate surface area is 145 Å². The Bertz CT molecular complexity index is 921. The van der Waals surface area contributed by atoms with Crippen LogP contribution in [0.3, 0.4) is 0 Å². The molecule has 0 spiro atoms. The van der Waals surface area contributed by atoms with Gasteiger partial charge in [-0.25, -0.2) is 0 Å². The molecule has 3 aromatic rings. The van der Waals surface area contributed by atoms with E-state index in [0.29, 0.717) is 6.04 Å². The average Bonchev–Trinajstić information content (AvgIpc) is 3.25. The van der Waals surface area contributed by atoms with Gasteiger partial charge in [-0.2, -0.15) is 4.52 Å². The molecule has 0 N–H and O–H groups in total. The first-order valence-electron chi connectivity index (χ1n) is 8.74. The highest BCUT2D eigenvalue weighted by Crippen LogP contribution is 2.23. The first-order valence-corrected chi connectivity index (χ1v) is 8.74. The average molecular weight is 339 g/mol. The van der Waals surface area contributed by atoms with Crippen LogP contribution in [0.25, 0.3) is 5.65 Å². The quantitative estimate of drug-likeness (QED) is 0.676. The molecule has 0 amide bonds. The Hall–Kier alpha value is -2.55. The predicted octanol–water partition coefficient (Wildman–Crippen LogP) is 0.291. The van der Waals surface area contributed by atoms with Crippen molar-refractivity contribution in [2.75, 3.05) is 25.0 Å². The molecule has 9 heteroatoms. The van der Waals surface area contributed by atoms with Crippen molar-refractivity contribution in [3.63, 3.8) is 0 Å². The molecule has 5 rings (SSSR count). The highest BCUT2D eigenvalue weighted by molar-refractivity contribution is 5.47. The predicted molar refractivity (Wildman–Crippen MR) is 91.3 cm³/mol. The lowest BCUT2D eigenvalue weighted by molar-refractivity contribution is 0.190. The number of aryl methyl sites for hydroxylation is 2. The van der Waals surface area contributed by atoms with Crippen LogP contribution in [-0.4, -0.2) is 65.7 Å². The summed E-state index contributed by atoms with van der Waals surface area (Å²) < 4.78 is 4.07. The zero-order chi connectivity index (χ0) is 17.0. The largest absolute Gasteiger partial charge is 0.352 e. The van der Waals surface area contributed by atoms with Crippen LogP contribution in [0.2, 0.25) is 0 Å². The molecule has 3 aromatic heterocycles. The van der Waals surface area contributed by atoms with Crippen LogP contribution in [0.1, 0.15) is 23.9 Å². The van der Waals surface area contributed by atoms with Gasteiger partial charge < -0.3 is 9.47 Å². The first kappa shape index (κ1) is 14.8. The summed E-state index contributed by atoms with van der Waals surface area (Å²) in [6.45, 7) is 5.77. The third kappa shape index (κ3) is 2.38. The maximum Gasteiger partial charge on any atom is 0.178 e. The minimum absolute atomic E-state index is 0.508. The van der Waals surface area contributed by atoms with E-state index < -0.39 is 0 Å². The second-order valence-electron chi connectivity index (χ2n) is 6.97. The molecule has 0 aliphatic carbocycles. The normalized spacial score (nSPS) is 17.5. The summed E-state index contributed by atoms with van der Waals surface area (Å²) in [5, 5.41) is 21.5. The molecule has 5 heterocycles. The summed E-state index contributed by atoms with van der Waals surface area (Å²) in [4.78, 5) is 4.66. The zero-order valence-corrected chi connectivity index (χ0v) is 14.5. The van der Waals surface area contributed by atoms with E-state index >= 15 is 0 Å². The fraction of sp³-hybridized carbons (Fsp3) is 0.562. The lowest BCUT2D eigenvalue weighted by Crippen LogP contribution is -2.58. The summed E-state index contributed by atoms with van der Waals surface area (Å²) >= 11 is 0. The molecule has 130 valence electrons. The van der Waals surface area contributed by atoms with Crippen molar-refractivity contribution in [1.82, 2.24) is 39.5 Å². The van der Waals surface area contributed by atoms with Gasteiger partial charge in [0.25, 0.3) is 0 Å². The standard InChI is InChI=1S/C16H21N9/c1-11-17-19-14-5-6-15(21-25(11)14)23-8-12(9-23)22(2)10-16-20-18-13-4-3-7-24(13)16/h5-6,12H,3-4,7-10H2,1-2H3. The Morgan fingerprint density at radius 1 is 1.16 bits per heavy atom. The van der Waals surface area contributed by atoms with Gasteiger partial charge in [-0.3, -0.25) is 4.90 Å². The Balaban J connectivity index is 1.25. The van der Waals surface area contributed by atoms with E-state index in [0.717, 1.165) is 61.5 Å². The van der Waals surface area contributed by atoms with Crippen LogP contribution < -0.4 is 4.90 Å². The Morgan fingerprint density at radius 2 is 2.04 bits per heavy atom. The topological polar surface area (TPSA) is 80.3 Å². The van der Waals surface area contributed by atoms with E-state index in [1.54, 1.807) is 4.52 Å². The summed E-state index contributed by atoms with van der Waals surface area (Å²) in [5.41, 5.74) is 0.788. The van der Waals surface area contributed by atoms with E-state index in [-0.39, 0.29) is 0 Å². The highest BCUT2D eigenvalue weighted by Gasteiger charge is 2.32. The summed E-state index contributed by atoms with van der Waals surface area (Å²) in [6, 6.07) is 4.50. The van der Waals surface area contributed by atoms with Crippen molar-refractivity contribution in [2.45, 2.75) is 38.9 Å². The van der Waals surface area contributed by atoms with E-state index in [2.05, 4.69) is 46.9 Å². The van der Waals surface area contributed by atoms with Gasteiger partial charge >= 0.3 is 0 Å². The molecule has 0 unspecified atom stereocenters. The monoisotopic (exact) mass is 339 g/mol. The molecule has 0 bridgehead atoms. The Kier molecular flexibility index (Phi) is 3.24. The number of anilines is 1. The number of nitrogens with zero attached hydrogens (tertiary/aromatic N) is 9. The third-order valence-electron chi connectivity index (χ3n) is 5.29. The summed E-state index contributed by atoms with van der Waals surface area (Å²) in [7, 11) is 2.17. The fourth-order valence-corrected chi connectivity index (χ4v) is 3.66. The summed E-state index contributed by atoms with van der Waals surface area (Å²) in [5.74, 6) is 4.02. The molecule has 1 saturated heterocycles. The lowest BCUT2D eigenvalue weighted by atomic mass is 10.1. The van der Waals surface area contributed by atoms with Gasteiger partial charge in [-0.15, -0.1) is 25.5 Å².